The summed E-state index contributed by atoms with van der Waals surface area (Å²) in [6, 6.07) is 0.575. The van der Waals surface area contributed by atoms with Crippen LogP contribution in [0.4, 0.5) is 0 Å². The summed E-state index contributed by atoms with van der Waals surface area (Å²) in [5.74, 6) is -4.39. The highest BCUT2D eigenvalue weighted by Gasteiger charge is 2.41. The Bertz CT molecular complexity index is 1540. The van der Waals surface area contributed by atoms with Gasteiger partial charge in [-0.05, 0) is 94.6 Å². The van der Waals surface area contributed by atoms with E-state index in [9.17, 15) is 39.0 Å². The van der Waals surface area contributed by atoms with Crippen LogP contribution in [-0.4, -0.2) is 125 Å². The van der Waals surface area contributed by atoms with E-state index in [1.165, 1.54) is 17.0 Å². The highest BCUT2D eigenvalue weighted by molar-refractivity contribution is 5.96. The van der Waals surface area contributed by atoms with Gasteiger partial charge in [-0.15, -0.1) is 0 Å². The number of carboxylic acids is 1. The lowest BCUT2D eigenvalue weighted by Gasteiger charge is -2.33. The van der Waals surface area contributed by atoms with Gasteiger partial charge < -0.3 is 52.7 Å². The molecule has 0 saturated carbocycles. The van der Waals surface area contributed by atoms with Crippen LogP contribution in [0.25, 0.3) is 0 Å². The number of carbonyl (C=O) groups is 6. The number of carboxylic acid groups (broad SMARTS) is 1. The van der Waals surface area contributed by atoms with E-state index in [0.717, 1.165) is 13.0 Å². The van der Waals surface area contributed by atoms with Gasteiger partial charge in [-0.3, -0.25) is 29.0 Å². The van der Waals surface area contributed by atoms with Crippen molar-refractivity contribution in [2.75, 3.05) is 33.7 Å². The zero-order valence-electron chi connectivity index (χ0n) is 35.0. The number of aliphatic imine (C=N–C) groups is 1. The average Bonchev–Trinajstić information content (AvgIpc) is 3.61. The van der Waals surface area contributed by atoms with Gasteiger partial charge in [0.05, 0.1) is 0 Å². The first kappa shape index (κ1) is 48.2. The molecule has 1 aliphatic heterocycles. The van der Waals surface area contributed by atoms with E-state index >= 15 is 0 Å². The van der Waals surface area contributed by atoms with Crippen molar-refractivity contribution in [2.45, 2.75) is 123 Å². The Labute approximate surface area is 337 Å². The zero-order chi connectivity index (χ0) is 43.0. The molecule has 57 heavy (non-hydrogen) atoms. The number of carbonyl (C=O) groups excluding carboxylic acids is 5. The number of hydrogen-bond acceptors (Lipinski definition) is 9. The smallest absolute Gasteiger partial charge is 0.326 e. The van der Waals surface area contributed by atoms with E-state index in [4.69, 9.17) is 11.5 Å². The summed E-state index contributed by atoms with van der Waals surface area (Å²) in [6.07, 6.45) is 2.97. The van der Waals surface area contributed by atoms with E-state index in [1.807, 2.05) is 32.8 Å². The van der Waals surface area contributed by atoms with Crippen LogP contribution in [0.2, 0.25) is 0 Å². The Hall–Kier alpha value is -4.93. The van der Waals surface area contributed by atoms with Gasteiger partial charge in [-0.25, -0.2) is 4.79 Å². The molecule has 1 heterocycles. The molecule has 1 aliphatic rings. The van der Waals surface area contributed by atoms with Crippen molar-refractivity contribution in [3.8, 4) is 5.75 Å². The molecule has 5 amide bonds. The largest absolute Gasteiger partial charge is 0.508 e. The molecule has 2 rings (SSSR count). The topological polar surface area (TPSA) is 262 Å². The maximum Gasteiger partial charge on any atom is 0.326 e. The number of rotatable bonds is 22. The standard InChI is InChI=1S/C40H67N9O8/c1-24(2)22-30(38(56)57)46-36(54)32(40(4,5)6)47-34(52)29(23-26-15-17-27(50)18-16-26)45-35(53)31-14-11-21-49(31)37(55)28(13-9-19-43-39(41)42)44-33(51)25(3)12-10-20-48(7)8/h15-18,24-25,28-32,50H,9-14,19-23H2,1-8H3,(H,44,51)(H,45,53)(H,46,54)(H,47,52)(H,56,57)(H4,41,42,43)/t25-,28-,29-,30-,31-,32+/m0/s1. The summed E-state index contributed by atoms with van der Waals surface area (Å²) in [6.45, 7) is 11.9. The van der Waals surface area contributed by atoms with Gasteiger partial charge in [0.2, 0.25) is 29.5 Å². The van der Waals surface area contributed by atoms with E-state index in [-0.39, 0.29) is 61.8 Å². The molecule has 17 nitrogen and oxygen atoms in total. The molecule has 1 aromatic rings. The van der Waals surface area contributed by atoms with Crippen LogP contribution in [0, 0.1) is 17.3 Å². The van der Waals surface area contributed by atoms with Crippen molar-refractivity contribution < 1.29 is 39.0 Å². The minimum Gasteiger partial charge on any atom is -0.508 e. The van der Waals surface area contributed by atoms with Gasteiger partial charge >= 0.3 is 5.97 Å². The molecular weight excluding hydrogens is 734 g/mol. The molecule has 17 heteroatoms. The first-order valence-electron chi connectivity index (χ1n) is 19.8. The predicted molar refractivity (Wildman–Crippen MR) is 218 cm³/mol. The second kappa shape index (κ2) is 22.7. The van der Waals surface area contributed by atoms with Crippen molar-refractivity contribution >= 4 is 41.5 Å². The molecule has 10 N–H and O–H groups in total. The van der Waals surface area contributed by atoms with Crippen molar-refractivity contribution in [3.05, 3.63) is 29.8 Å². The summed E-state index contributed by atoms with van der Waals surface area (Å²) < 4.78 is 0. The van der Waals surface area contributed by atoms with Crippen LogP contribution in [0.15, 0.2) is 29.3 Å². The number of amides is 5. The number of likely N-dealkylation sites (tertiary alicyclic amines) is 1. The minimum atomic E-state index is -1.23. The van der Waals surface area contributed by atoms with Gasteiger partial charge in [0.25, 0.3) is 0 Å². The maximum absolute atomic E-state index is 14.2. The summed E-state index contributed by atoms with van der Waals surface area (Å²) in [4.78, 5) is 88.7. The van der Waals surface area contributed by atoms with Crippen LogP contribution >= 0.6 is 0 Å². The molecule has 0 aliphatic carbocycles. The normalized spacial score (nSPS) is 16.9. The zero-order valence-corrected chi connectivity index (χ0v) is 35.0. The van der Waals surface area contributed by atoms with Crippen molar-refractivity contribution in [2.24, 2.45) is 33.7 Å². The summed E-state index contributed by atoms with van der Waals surface area (Å²) in [7, 11) is 3.91. The molecular formula is C40H67N9O8. The number of aromatic hydroxyl groups is 1. The maximum atomic E-state index is 14.2. The molecule has 0 bridgehead atoms. The lowest BCUT2D eigenvalue weighted by Crippen LogP contribution is -2.61. The van der Waals surface area contributed by atoms with E-state index in [1.54, 1.807) is 39.8 Å². The number of nitrogens with zero attached hydrogens (tertiary/aromatic N) is 3. The molecule has 1 aromatic carbocycles. The number of nitrogens with two attached hydrogens (primary N) is 2. The van der Waals surface area contributed by atoms with Crippen LogP contribution < -0.4 is 32.7 Å². The molecule has 1 fully saturated rings. The highest BCUT2D eigenvalue weighted by atomic mass is 16.4. The predicted octanol–water partition coefficient (Wildman–Crippen LogP) is 1.07. The van der Waals surface area contributed by atoms with E-state index < -0.39 is 65.2 Å². The van der Waals surface area contributed by atoms with E-state index in [2.05, 4.69) is 26.3 Å². The molecule has 0 spiro atoms. The van der Waals surface area contributed by atoms with Gasteiger partial charge in [-0.2, -0.15) is 0 Å². The van der Waals surface area contributed by atoms with Crippen LogP contribution in [0.5, 0.6) is 5.75 Å². The number of nitrogens with one attached hydrogen (secondary N) is 4. The quantitative estimate of drug-likeness (QED) is 0.0467. The summed E-state index contributed by atoms with van der Waals surface area (Å²) in [5.41, 5.74) is 10.7. The Balaban J connectivity index is 2.37. The second-order valence-electron chi connectivity index (χ2n) is 16.8. The molecule has 6 atom stereocenters. The Morgan fingerprint density at radius 1 is 0.877 bits per heavy atom. The first-order chi connectivity index (χ1) is 26.6. The third kappa shape index (κ3) is 16.6. The lowest BCUT2D eigenvalue weighted by molar-refractivity contribution is -0.144. The van der Waals surface area contributed by atoms with Gasteiger partial charge in [0.1, 0.15) is 36.0 Å². The number of phenolic OH excluding ortho intramolecular Hbond substituents is 1. The number of guanidine groups is 1. The monoisotopic (exact) mass is 802 g/mol. The number of aliphatic carboxylic acids is 1. The SMILES string of the molecule is CC(C)C[C@H](NC(=O)[C@@H](NC(=O)[C@H](Cc1ccc(O)cc1)NC(=O)[C@@H]1CCCN1C(=O)[C@H](CCCN=C(N)N)NC(=O)[C@@H](C)CCCN(C)C)C(C)(C)C)C(=O)O. The van der Waals surface area contributed by atoms with Crippen molar-refractivity contribution in [1.82, 2.24) is 31.1 Å². The van der Waals surface area contributed by atoms with Crippen molar-refractivity contribution in [3.63, 3.8) is 0 Å². The fourth-order valence-electron chi connectivity index (χ4n) is 6.63. The number of benzene rings is 1. The van der Waals surface area contributed by atoms with Crippen LogP contribution in [-0.2, 0) is 35.2 Å². The molecule has 0 unspecified atom stereocenters. The average molecular weight is 802 g/mol. The fourth-order valence-corrected chi connectivity index (χ4v) is 6.63. The first-order valence-corrected chi connectivity index (χ1v) is 19.8. The number of hydrogen-bond donors (Lipinski definition) is 8. The third-order valence-electron chi connectivity index (χ3n) is 9.83. The summed E-state index contributed by atoms with van der Waals surface area (Å²) >= 11 is 0. The van der Waals surface area contributed by atoms with Crippen LogP contribution in [0.3, 0.4) is 0 Å². The Morgan fingerprint density at radius 2 is 1.51 bits per heavy atom. The summed E-state index contributed by atoms with van der Waals surface area (Å²) in [5, 5.41) is 30.7. The molecule has 320 valence electrons. The Kier molecular flexibility index (Phi) is 19.2. The molecule has 0 aromatic heterocycles. The van der Waals surface area contributed by atoms with Gasteiger partial charge in [0, 0.05) is 25.4 Å². The molecule has 1 saturated heterocycles. The van der Waals surface area contributed by atoms with Crippen LogP contribution in [0.1, 0.15) is 92.1 Å². The fraction of sp³-hybridized carbons (Fsp3) is 0.675. The third-order valence-corrected chi connectivity index (χ3v) is 9.83. The van der Waals surface area contributed by atoms with Crippen molar-refractivity contribution in [1.29, 1.82) is 0 Å². The molecule has 0 radical (unpaired) electrons. The van der Waals surface area contributed by atoms with Gasteiger partial charge in [0.15, 0.2) is 5.96 Å². The van der Waals surface area contributed by atoms with Gasteiger partial charge in [-0.1, -0.05) is 53.7 Å². The van der Waals surface area contributed by atoms with E-state index in [0.29, 0.717) is 31.2 Å². The highest BCUT2D eigenvalue weighted by Crippen LogP contribution is 2.23. The lowest BCUT2D eigenvalue weighted by atomic mass is 9.85. The number of phenols is 1. The second-order valence-corrected chi connectivity index (χ2v) is 16.8. The Morgan fingerprint density at radius 3 is 2.07 bits per heavy atom. The minimum absolute atomic E-state index is 0.00523.